The molecular formula is C22H23N3O6S2. The Bertz CT molecular complexity index is 1300. The van der Waals surface area contributed by atoms with Crippen molar-refractivity contribution in [1.29, 1.82) is 0 Å². The number of hydrogen-bond acceptors (Lipinski definition) is 9. The lowest BCUT2D eigenvalue weighted by Gasteiger charge is -2.14. The van der Waals surface area contributed by atoms with Gasteiger partial charge in [0, 0.05) is 7.05 Å². The van der Waals surface area contributed by atoms with Gasteiger partial charge in [0.15, 0.2) is 5.16 Å². The van der Waals surface area contributed by atoms with Crippen molar-refractivity contribution in [3.63, 3.8) is 0 Å². The number of para-hydroxylation sites is 1. The fraction of sp³-hybridized carbons (Fsp3) is 0.318. The van der Waals surface area contributed by atoms with Gasteiger partial charge < -0.3 is 14.8 Å². The highest BCUT2D eigenvalue weighted by atomic mass is 32.2. The number of ether oxygens (including phenoxy) is 2. The normalized spacial score (nSPS) is 11.8. The number of aromatic nitrogens is 2. The summed E-state index contributed by atoms with van der Waals surface area (Å²) in [6.45, 7) is 5.11. The van der Waals surface area contributed by atoms with Crippen LogP contribution in [0.3, 0.4) is 0 Å². The van der Waals surface area contributed by atoms with Crippen molar-refractivity contribution < 1.29 is 23.9 Å². The molecule has 174 valence electrons. The van der Waals surface area contributed by atoms with Gasteiger partial charge in [-0.05, 0) is 38.5 Å². The Morgan fingerprint density at radius 2 is 1.94 bits per heavy atom. The Hall–Kier alpha value is -3.18. The van der Waals surface area contributed by atoms with Crippen LogP contribution in [-0.2, 0) is 21.3 Å². The van der Waals surface area contributed by atoms with Crippen molar-refractivity contribution in [1.82, 2.24) is 9.55 Å². The number of fused-ring (bicyclic) bond motifs is 1. The van der Waals surface area contributed by atoms with Gasteiger partial charge in [-0.3, -0.25) is 14.2 Å². The summed E-state index contributed by atoms with van der Waals surface area (Å²) in [5, 5.41) is 3.11. The van der Waals surface area contributed by atoms with Crippen LogP contribution >= 0.6 is 23.1 Å². The van der Waals surface area contributed by atoms with E-state index < -0.39 is 23.1 Å². The van der Waals surface area contributed by atoms with Crippen LogP contribution in [0.4, 0.5) is 5.00 Å². The number of methoxy groups -OCH3 is 1. The number of rotatable bonds is 7. The van der Waals surface area contributed by atoms with Crippen molar-refractivity contribution in [3.8, 4) is 0 Å². The van der Waals surface area contributed by atoms with Crippen molar-refractivity contribution in [2.45, 2.75) is 31.2 Å². The zero-order valence-electron chi connectivity index (χ0n) is 18.8. The van der Waals surface area contributed by atoms with Gasteiger partial charge in [0.05, 0.1) is 35.4 Å². The lowest BCUT2D eigenvalue weighted by Crippen LogP contribution is -2.26. The maximum absolute atomic E-state index is 12.9. The van der Waals surface area contributed by atoms with Gasteiger partial charge in [-0.2, -0.15) is 0 Å². The lowest BCUT2D eigenvalue weighted by atomic mass is 10.1. The van der Waals surface area contributed by atoms with Gasteiger partial charge in [-0.1, -0.05) is 23.9 Å². The number of amides is 1. The molecule has 33 heavy (non-hydrogen) atoms. The first-order valence-corrected chi connectivity index (χ1v) is 11.7. The average molecular weight is 490 g/mol. The minimum absolute atomic E-state index is 0.104. The van der Waals surface area contributed by atoms with Crippen molar-refractivity contribution in [2.75, 3.05) is 19.0 Å². The fourth-order valence-electron chi connectivity index (χ4n) is 3.07. The molecule has 0 saturated heterocycles. The SMILES string of the molecule is CCOC(=O)c1sc(NC(=O)C(C)Sc2nc3ccccc3c(=O)n2C)c(C(=O)OC)c1C. The monoisotopic (exact) mass is 489 g/mol. The van der Waals surface area contributed by atoms with Crippen LogP contribution in [-0.4, -0.2) is 46.4 Å². The molecule has 1 amide bonds. The molecule has 0 aliphatic heterocycles. The molecule has 1 aromatic carbocycles. The molecule has 0 saturated carbocycles. The number of nitrogens with zero attached hydrogens (tertiary/aromatic N) is 2. The Morgan fingerprint density at radius 1 is 1.24 bits per heavy atom. The van der Waals surface area contributed by atoms with Crippen LogP contribution in [0.1, 0.15) is 39.4 Å². The van der Waals surface area contributed by atoms with E-state index in [2.05, 4.69) is 10.3 Å². The predicted molar refractivity (Wildman–Crippen MR) is 127 cm³/mol. The van der Waals surface area contributed by atoms with E-state index in [1.54, 1.807) is 52.1 Å². The Labute approximate surface area is 198 Å². The molecule has 2 heterocycles. The molecule has 0 bridgehead atoms. The standard InChI is InChI=1S/C22H23N3O6S2/c1-6-31-21(29)16-11(2)15(20(28)30-5)18(33-16)24-17(26)12(3)32-22-23-14-10-8-7-9-13(14)19(27)25(22)4/h7-10,12H,6H2,1-5H3,(H,24,26). The molecule has 0 aliphatic rings. The van der Waals surface area contributed by atoms with E-state index in [9.17, 15) is 19.2 Å². The molecule has 1 N–H and O–H groups in total. The number of anilines is 1. The van der Waals surface area contributed by atoms with Crippen LogP contribution in [0.15, 0.2) is 34.2 Å². The Morgan fingerprint density at radius 3 is 2.61 bits per heavy atom. The van der Waals surface area contributed by atoms with E-state index in [1.165, 1.54) is 11.7 Å². The maximum Gasteiger partial charge on any atom is 0.348 e. The van der Waals surface area contributed by atoms with Crippen LogP contribution in [0.5, 0.6) is 0 Å². The summed E-state index contributed by atoms with van der Waals surface area (Å²) < 4.78 is 11.3. The van der Waals surface area contributed by atoms with Gasteiger partial charge in [-0.25, -0.2) is 14.6 Å². The largest absolute Gasteiger partial charge is 0.465 e. The number of carbonyl (C=O) groups is 3. The third-order valence-corrected chi connectivity index (χ3v) is 7.16. The molecular weight excluding hydrogens is 466 g/mol. The van der Waals surface area contributed by atoms with Gasteiger partial charge in [0.1, 0.15) is 9.88 Å². The molecule has 9 nitrogen and oxygen atoms in total. The number of carbonyl (C=O) groups excluding carboxylic acids is 3. The summed E-state index contributed by atoms with van der Waals surface area (Å²) in [5.74, 6) is -1.68. The second-order valence-electron chi connectivity index (χ2n) is 7.00. The van der Waals surface area contributed by atoms with Crippen LogP contribution in [0.2, 0.25) is 0 Å². The zero-order valence-corrected chi connectivity index (χ0v) is 20.4. The molecule has 11 heteroatoms. The fourth-order valence-corrected chi connectivity index (χ4v) is 5.03. The predicted octanol–water partition coefficient (Wildman–Crippen LogP) is 3.39. The first-order valence-electron chi connectivity index (χ1n) is 10.0. The van der Waals surface area contributed by atoms with Gasteiger partial charge in [0.25, 0.3) is 5.56 Å². The minimum atomic E-state index is -0.673. The summed E-state index contributed by atoms with van der Waals surface area (Å²) in [5.41, 5.74) is 0.806. The number of thiophene rings is 1. The van der Waals surface area contributed by atoms with Crippen LogP contribution in [0.25, 0.3) is 10.9 Å². The Kier molecular flexibility index (Phi) is 7.54. The number of hydrogen-bond donors (Lipinski definition) is 1. The average Bonchev–Trinajstić information content (AvgIpc) is 3.12. The number of thioether (sulfide) groups is 1. The van der Waals surface area contributed by atoms with E-state index >= 15 is 0 Å². The molecule has 1 unspecified atom stereocenters. The lowest BCUT2D eigenvalue weighted by molar-refractivity contribution is -0.115. The van der Waals surface area contributed by atoms with E-state index in [0.717, 1.165) is 23.1 Å². The highest BCUT2D eigenvalue weighted by Crippen LogP contribution is 2.35. The first kappa shape index (κ1) is 24.5. The van der Waals surface area contributed by atoms with Crippen LogP contribution in [0, 0.1) is 6.92 Å². The second-order valence-corrected chi connectivity index (χ2v) is 9.33. The third kappa shape index (κ3) is 4.93. The highest BCUT2D eigenvalue weighted by Gasteiger charge is 2.28. The molecule has 2 aromatic heterocycles. The summed E-state index contributed by atoms with van der Waals surface area (Å²) in [7, 11) is 2.82. The van der Waals surface area contributed by atoms with Gasteiger partial charge in [0.2, 0.25) is 5.91 Å². The van der Waals surface area contributed by atoms with E-state index in [1.807, 2.05) is 0 Å². The first-order chi connectivity index (χ1) is 15.7. The summed E-state index contributed by atoms with van der Waals surface area (Å²) >= 11 is 2.06. The molecule has 0 aliphatic carbocycles. The zero-order chi connectivity index (χ0) is 24.3. The van der Waals surface area contributed by atoms with Crippen molar-refractivity contribution in [3.05, 3.63) is 50.6 Å². The van der Waals surface area contributed by atoms with Gasteiger partial charge >= 0.3 is 11.9 Å². The highest BCUT2D eigenvalue weighted by molar-refractivity contribution is 8.00. The summed E-state index contributed by atoms with van der Waals surface area (Å²) in [6.07, 6.45) is 0. The Balaban J connectivity index is 1.88. The number of esters is 2. The smallest absolute Gasteiger partial charge is 0.348 e. The number of nitrogens with one attached hydrogen (secondary N) is 1. The quantitative estimate of drug-likeness (QED) is 0.305. The molecule has 1 atom stereocenters. The van der Waals surface area contributed by atoms with Crippen molar-refractivity contribution >= 4 is 56.8 Å². The molecule has 0 fully saturated rings. The number of benzene rings is 1. The molecule has 0 spiro atoms. The minimum Gasteiger partial charge on any atom is -0.465 e. The van der Waals surface area contributed by atoms with Gasteiger partial charge in [-0.15, -0.1) is 11.3 Å². The molecule has 0 radical (unpaired) electrons. The topological polar surface area (TPSA) is 117 Å². The summed E-state index contributed by atoms with van der Waals surface area (Å²) in [6, 6.07) is 6.98. The van der Waals surface area contributed by atoms with Crippen LogP contribution < -0.4 is 10.9 Å². The molecule has 3 aromatic rings. The second kappa shape index (κ2) is 10.2. The molecule has 3 rings (SSSR count). The summed E-state index contributed by atoms with van der Waals surface area (Å²) in [4.78, 5) is 54.9. The van der Waals surface area contributed by atoms with E-state index in [-0.39, 0.29) is 27.6 Å². The van der Waals surface area contributed by atoms with E-state index in [4.69, 9.17) is 9.47 Å². The van der Waals surface area contributed by atoms with E-state index in [0.29, 0.717) is 21.6 Å². The maximum atomic E-state index is 12.9. The van der Waals surface area contributed by atoms with Crippen molar-refractivity contribution in [2.24, 2.45) is 7.05 Å². The third-order valence-electron chi connectivity index (χ3n) is 4.83.